The van der Waals surface area contributed by atoms with Crippen LogP contribution in [0.25, 0.3) is 0 Å². The van der Waals surface area contributed by atoms with Crippen LogP contribution in [0.2, 0.25) is 0 Å². The Morgan fingerprint density at radius 3 is 2.08 bits per heavy atom. The molecule has 0 aromatic carbocycles. The smallest absolute Gasteiger partial charge is 0.735 e. The summed E-state index contributed by atoms with van der Waals surface area (Å²) >= 11 is 0. The topological polar surface area (TPSA) is 60.4 Å². The Balaban J connectivity index is 0. The largest absolute Gasteiger partial charge is 1.00 e. The molecule has 4 nitrogen and oxygen atoms in total. The second-order valence-electron chi connectivity index (χ2n) is 2.30. The number of rotatable bonds is 3. The molecule has 0 N–H and O–H groups in total. The summed E-state index contributed by atoms with van der Waals surface area (Å²) in [5, 5.41) is 0. The van der Waals surface area contributed by atoms with Gasteiger partial charge in [0.05, 0.1) is 6.54 Å². The van der Waals surface area contributed by atoms with E-state index in [9.17, 15) is 13.0 Å². The van der Waals surface area contributed by atoms with E-state index in [4.69, 9.17) is 6.42 Å². The van der Waals surface area contributed by atoms with Crippen molar-refractivity contribution < 1.29 is 31.8 Å². The van der Waals surface area contributed by atoms with Crippen molar-refractivity contribution in [3.05, 3.63) is 0 Å². The molecule has 0 bridgehead atoms. The van der Waals surface area contributed by atoms with Crippen LogP contribution in [-0.4, -0.2) is 29.9 Å². The molecule has 0 aliphatic heterocycles. The average Bonchev–Trinajstić information content (AvgIpc) is 1.79. The molecule has 0 heterocycles. The van der Waals surface area contributed by atoms with Gasteiger partial charge in [-0.25, -0.2) is 8.42 Å². The van der Waals surface area contributed by atoms with Crippen LogP contribution < -0.4 is 18.9 Å². The number of nitrogens with zero attached hydrogens (tertiary/aromatic N) is 1. The third-order valence-corrected chi connectivity index (χ3v) is 2.24. The monoisotopic (exact) mass is 183 g/mol. The van der Waals surface area contributed by atoms with Crippen LogP contribution in [0.1, 0.15) is 13.8 Å². The summed E-state index contributed by atoms with van der Waals surface area (Å²) in [5.41, 5.74) is 0. The zero-order valence-corrected chi connectivity index (χ0v) is 8.26. The standard InChI is InChI=1S/C6H11NO3S.Li/c1-4-5-7(6(2)3)11(8,9)10;/h1,6H,5H2,2-3H3,(H,8,9,10);/q;+1/p-1. The van der Waals surface area contributed by atoms with Gasteiger partial charge in [0.2, 0.25) is 0 Å². The minimum Gasteiger partial charge on any atom is -0.735 e. The van der Waals surface area contributed by atoms with Crippen molar-refractivity contribution in [1.82, 2.24) is 4.31 Å². The van der Waals surface area contributed by atoms with E-state index in [0.717, 1.165) is 0 Å². The van der Waals surface area contributed by atoms with Gasteiger partial charge in [0, 0.05) is 6.04 Å². The molecule has 0 fully saturated rings. The van der Waals surface area contributed by atoms with Crippen molar-refractivity contribution in [2.75, 3.05) is 6.54 Å². The van der Waals surface area contributed by atoms with E-state index in [1.54, 1.807) is 13.8 Å². The van der Waals surface area contributed by atoms with Crippen molar-refractivity contribution in [3.63, 3.8) is 0 Å². The van der Waals surface area contributed by atoms with E-state index < -0.39 is 10.3 Å². The Bertz CT molecular complexity index is 254. The molecule has 0 aliphatic carbocycles. The molecule has 0 atom stereocenters. The minimum absolute atomic E-state index is 0. The molecule has 0 aliphatic rings. The van der Waals surface area contributed by atoms with Gasteiger partial charge in [-0.05, 0) is 13.8 Å². The van der Waals surface area contributed by atoms with Gasteiger partial charge in [-0.15, -0.1) is 6.42 Å². The summed E-state index contributed by atoms with van der Waals surface area (Å²) in [4.78, 5) is 0. The molecule has 64 valence electrons. The maximum atomic E-state index is 10.4. The molecule has 0 aromatic heterocycles. The van der Waals surface area contributed by atoms with Crippen molar-refractivity contribution in [2.45, 2.75) is 19.9 Å². The van der Waals surface area contributed by atoms with E-state index in [1.807, 2.05) is 0 Å². The summed E-state index contributed by atoms with van der Waals surface area (Å²) < 4.78 is 32.0. The normalized spacial score (nSPS) is 11.0. The molecule has 0 aromatic rings. The van der Waals surface area contributed by atoms with Crippen LogP contribution in [0, 0.1) is 12.3 Å². The molecule has 0 amide bonds. The number of hydrogen-bond donors (Lipinski definition) is 0. The van der Waals surface area contributed by atoms with E-state index >= 15 is 0 Å². The molecule has 0 radical (unpaired) electrons. The van der Waals surface area contributed by atoms with Crippen LogP contribution in [-0.2, 0) is 10.3 Å². The molecule has 0 saturated heterocycles. The van der Waals surface area contributed by atoms with Gasteiger partial charge in [0.15, 0.2) is 10.3 Å². The molecule has 0 saturated carbocycles. The molecule has 0 rings (SSSR count). The van der Waals surface area contributed by atoms with Gasteiger partial charge in [-0.3, -0.25) is 0 Å². The fourth-order valence-corrected chi connectivity index (χ4v) is 1.36. The van der Waals surface area contributed by atoms with Gasteiger partial charge in [-0.2, -0.15) is 4.31 Å². The maximum Gasteiger partial charge on any atom is 1.00 e. The number of hydrogen-bond acceptors (Lipinski definition) is 3. The quantitative estimate of drug-likeness (QED) is 0.263. The fourth-order valence-electron chi connectivity index (χ4n) is 0.610. The average molecular weight is 183 g/mol. The molecular weight excluding hydrogens is 173 g/mol. The van der Waals surface area contributed by atoms with E-state index in [2.05, 4.69) is 5.92 Å². The van der Waals surface area contributed by atoms with Gasteiger partial charge >= 0.3 is 18.9 Å². The molecular formula is C6H10LiNO3S. The summed E-state index contributed by atoms with van der Waals surface area (Å²) in [6.07, 6.45) is 4.87. The van der Waals surface area contributed by atoms with Crippen molar-refractivity contribution in [2.24, 2.45) is 0 Å². The first kappa shape index (κ1) is 14.5. The summed E-state index contributed by atoms with van der Waals surface area (Å²) in [6, 6.07) is -0.381. The van der Waals surface area contributed by atoms with E-state index in [1.165, 1.54) is 0 Å². The van der Waals surface area contributed by atoms with E-state index in [-0.39, 0.29) is 31.4 Å². The van der Waals surface area contributed by atoms with Gasteiger partial charge < -0.3 is 4.55 Å². The Morgan fingerprint density at radius 1 is 1.58 bits per heavy atom. The van der Waals surface area contributed by atoms with Crippen LogP contribution in [0.4, 0.5) is 0 Å². The van der Waals surface area contributed by atoms with Crippen LogP contribution in [0.3, 0.4) is 0 Å². The first-order chi connectivity index (χ1) is 4.89. The predicted molar refractivity (Wildman–Crippen MR) is 40.4 cm³/mol. The first-order valence-electron chi connectivity index (χ1n) is 3.05. The zero-order valence-electron chi connectivity index (χ0n) is 7.44. The first-order valence-corrected chi connectivity index (χ1v) is 4.42. The van der Waals surface area contributed by atoms with Crippen LogP contribution in [0.5, 0.6) is 0 Å². The third kappa shape index (κ3) is 4.82. The maximum absolute atomic E-state index is 10.4. The Kier molecular flexibility index (Phi) is 6.83. The second kappa shape index (κ2) is 5.64. The summed E-state index contributed by atoms with van der Waals surface area (Å²) in [7, 11) is -4.39. The van der Waals surface area contributed by atoms with Gasteiger partial charge in [0.25, 0.3) is 0 Å². The third-order valence-electron chi connectivity index (χ3n) is 1.11. The Morgan fingerprint density at radius 2 is 2.00 bits per heavy atom. The van der Waals surface area contributed by atoms with Crippen molar-refractivity contribution in [1.29, 1.82) is 0 Å². The Labute approximate surface area is 85.4 Å². The van der Waals surface area contributed by atoms with Crippen LogP contribution in [0.15, 0.2) is 0 Å². The van der Waals surface area contributed by atoms with Crippen molar-refractivity contribution in [3.8, 4) is 12.3 Å². The van der Waals surface area contributed by atoms with Gasteiger partial charge in [-0.1, -0.05) is 5.92 Å². The summed E-state index contributed by atoms with van der Waals surface area (Å²) in [6.45, 7) is 3.02. The molecule has 12 heavy (non-hydrogen) atoms. The predicted octanol–water partition coefficient (Wildman–Crippen LogP) is -3.21. The molecule has 0 unspecified atom stereocenters. The molecule has 0 spiro atoms. The number of terminal acetylenes is 1. The minimum atomic E-state index is -4.39. The molecule has 6 heteroatoms. The van der Waals surface area contributed by atoms with Crippen molar-refractivity contribution >= 4 is 10.3 Å². The van der Waals surface area contributed by atoms with Crippen LogP contribution >= 0.6 is 0 Å². The SMILES string of the molecule is C#CCN(C(C)C)S(=O)(=O)[O-].[Li+]. The zero-order chi connectivity index (χ0) is 9.07. The summed E-state index contributed by atoms with van der Waals surface area (Å²) in [5.74, 6) is 2.10. The van der Waals surface area contributed by atoms with E-state index in [0.29, 0.717) is 4.31 Å². The van der Waals surface area contributed by atoms with Gasteiger partial charge in [0.1, 0.15) is 0 Å². The second-order valence-corrected chi connectivity index (χ2v) is 3.63. The fraction of sp³-hybridized carbons (Fsp3) is 0.667. The Hall–Kier alpha value is 0.0274.